The van der Waals surface area contributed by atoms with Crippen molar-refractivity contribution in [3.63, 3.8) is 0 Å². The molecule has 2 aliphatic rings. The van der Waals surface area contributed by atoms with Gasteiger partial charge in [-0.3, -0.25) is 4.90 Å². The van der Waals surface area contributed by atoms with Crippen LogP contribution in [0.3, 0.4) is 0 Å². The standard InChI is InChI=1S/C15H31N3/c1-15(12-16,10-13-4-5-13)18-8-6-14(7-9-18)11-17(2)3/h13-14H,4-12,16H2,1-3H3. The molecule has 3 heteroatoms. The quantitative estimate of drug-likeness (QED) is 0.783. The number of likely N-dealkylation sites (tertiary alicyclic amines) is 1. The average Bonchev–Trinajstić information content (AvgIpc) is 3.13. The predicted molar refractivity (Wildman–Crippen MR) is 77.7 cm³/mol. The SMILES string of the molecule is CN(C)CC1CCN(C(C)(CN)CC2CC2)CC1. The largest absolute Gasteiger partial charge is 0.329 e. The second kappa shape index (κ2) is 5.89. The lowest BCUT2D eigenvalue weighted by molar-refractivity contribution is 0.0519. The summed E-state index contributed by atoms with van der Waals surface area (Å²) in [6, 6.07) is 0. The van der Waals surface area contributed by atoms with Gasteiger partial charge in [0.15, 0.2) is 0 Å². The monoisotopic (exact) mass is 253 g/mol. The summed E-state index contributed by atoms with van der Waals surface area (Å²) in [5.74, 6) is 1.86. The first-order chi connectivity index (χ1) is 8.53. The fourth-order valence-corrected chi connectivity index (χ4v) is 3.46. The van der Waals surface area contributed by atoms with Crippen molar-refractivity contribution in [3.8, 4) is 0 Å². The molecule has 1 unspecified atom stereocenters. The van der Waals surface area contributed by atoms with E-state index in [0.717, 1.165) is 18.4 Å². The molecule has 18 heavy (non-hydrogen) atoms. The molecule has 1 aliphatic heterocycles. The third kappa shape index (κ3) is 3.69. The molecule has 0 aromatic carbocycles. The highest BCUT2D eigenvalue weighted by atomic mass is 15.2. The second-order valence-electron chi connectivity index (χ2n) is 7.04. The zero-order valence-electron chi connectivity index (χ0n) is 12.5. The lowest BCUT2D eigenvalue weighted by atomic mass is 9.87. The van der Waals surface area contributed by atoms with Crippen LogP contribution in [0.2, 0.25) is 0 Å². The fraction of sp³-hybridized carbons (Fsp3) is 1.00. The summed E-state index contributed by atoms with van der Waals surface area (Å²) in [6.45, 7) is 6.95. The van der Waals surface area contributed by atoms with Crippen molar-refractivity contribution in [1.82, 2.24) is 9.80 Å². The Bertz CT molecular complexity index is 254. The number of rotatable bonds is 6. The highest BCUT2D eigenvalue weighted by Crippen LogP contribution is 2.39. The minimum Gasteiger partial charge on any atom is -0.329 e. The van der Waals surface area contributed by atoms with Gasteiger partial charge >= 0.3 is 0 Å². The van der Waals surface area contributed by atoms with Gasteiger partial charge in [-0.1, -0.05) is 12.8 Å². The zero-order chi connectivity index (χ0) is 13.2. The molecule has 1 saturated carbocycles. The van der Waals surface area contributed by atoms with E-state index >= 15 is 0 Å². The van der Waals surface area contributed by atoms with Crippen molar-refractivity contribution in [3.05, 3.63) is 0 Å². The Kier molecular flexibility index (Phi) is 4.68. The van der Waals surface area contributed by atoms with E-state index < -0.39 is 0 Å². The van der Waals surface area contributed by atoms with Crippen molar-refractivity contribution >= 4 is 0 Å². The molecule has 2 rings (SSSR count). The number of nitrogens with two attached hydrogens (primary N) is 1. The Morgan fingerprint density at radius 1 is 1.11 bits per heavy atom. The smallest absolute Gasteiger partial charge is 0.0306 e. The number of hydrogen-bond donors (Lipinski definition) is 1. The minimum atomic E-state index is 0.268. The molecule has 1 atom stereocenters. The molecule has 2 N–H and O–H groups in total. The van der Waals surface area contributed by atoms with Gasteiger partial charge in [-0.15, -0.1) is 0 Å². The Hall–Kier alpha value is -0.120. The summed E-state index contributed by atoms with van der Waals surface area (Å²) in [6.07, 6.45) is 6.89. The topological polar surface area (TPSA) is 32.5 Å². The van der Waals surface area contributed by atoms with Crippen LogP contribution in [-0.2, 0) is 0 Å². The molecule has 1 saturated heterocycles. The van der Waals surface area contributed by atoms with E-state index in [1.165, 1.54) is 51.7 Å². The highest BCUT2D eigenvalue weighted by Gasteiger charge is 2.38. The maximum absolute atomic E-state index is 6.08. The second-order valence-corrected chi connectivity index (χ2v) is 7.04. The first kappa shape index (κ1) is 14.3. The van der Waals surface area contributed by atoms with Gasteiger partial charge in [0, 0.05) is 18.6 Å². The lowest BCUT2D eigenvalue weighted by Gasteiger charge is -2.45. The molecule has 0 aromatic rings. The Morgan fingerprint density at radius 2 is 1.72 bits per heavy atom. The van der Waals surface area contributed by atoms with E-state index in [2.05, 4.69) is 30.8 Å². The van der Waals surface area contributed by atoms with E-state index in [0.29, 0.717) is 0 Å². The maximum atomic E-state index is 6.08. The average molecular weight is 253 g/mol. The van der Waals surface area contributed by atoms with Gasteiger partial charge in [0.1, 0.15) is 0 Å². The van der Waals surface area contributed by atoms with Crippen LogP contribution in [0.5, 0.6) is 0 Å². The van der Waals surface area contributed by atoms with E-state index in [4.69, 9.17) is 5.73 Å². The molecule has 1 heterocycles. The van der Waals surface area contributed by atoms with Crippen LogP contribution in [0.25, 0.3) is 0 Å². The molecule has 2 fully saturated rings. The molecular weight excluding hydrogens is 222 g/mol. The Morgan fingerprint density at radius 3 is 2.17 bits per heavy atom. The number of piperidine rings is 1. The predicted octanol–water partition coefficient (Wildman–Crippen LogP) is 1.78. The van der Waals surface area contributed by atoms with E-state index in [1.807, 2.05) is 0 Å². The van der Waals surface area contributed by atoms with Crippen molar-refractivity contribution < 1.29 is 0 Å². The number of nitrogens with zero attached hydrogens (tertiary/aromatic N) is 2. The van der Waals surface area contributed by atoms with E-state index in [-0.39, 0.29) is 5.54 Å². The van der Waals surface area contributed by atoms with Crippen LogP contribution in [0.4, 0.5) is 0 Å². The van der Waals surface area contributed by atoms with Crippen molar-refractivity contribution in [2.75, 3.05) is 40.3 Å². The summed E-state index contributed by atoms with van der Waals surface area (Å²) < 4.78 is 0. The van der Waals surface area contributed by atoms with Crippen LogP contribution >= 0.6 is 0 Å². The molecule has 1 aliphatic carbocycles. The molecule has 0 radical (unpaired) electrons. The Labute approximate surface area is 113 Å². The van der Waals surface area contributed by atoms with Crippen LogP contribution in [0, 0.1) is 11.8 Å². The molecule has 3 nitrogen and oxygen atoms in total. The van der Waals surface area contributed by atoms with Gasteiger partial charge in [-0.2, -0.15) is 0 Å². The molecule has 0 spiro atoms. The summed E-state index contributed by atoms with van der Waals surface area (Å²) in [5.41, 5.74) is 6.35. The van der Waals surface area contributed by atoms with E-state index in [9.17, 15) is 0 Å². The van der Waals surface area contributed by atoms with Gasteiger partial charge < -0.3 is 10.6 Å². The van der Waals surface area contributed by atoms with Crippen molar-refractivity contribution in [2.45, 2.75) is 44.6 Å². The summed E-state index contributed by atoms with van der Waals surface area (Å²) in [7, 11) is 4.37. The van der Waals surface area contributed by atoms with Gasteiger partial charge in [0.05, 0.1) is 0 Å². The van der Waals surface area contributed by atoms with Gasteiger partial charge in [-0.25, -0.2) is 0 Å². The maximum Gasteiger partial charge on any atom is 0.0306 e. The highest BCUT2D eigenvalue weighted by molar-refractivity contribution is 4.94. The van der Waals surface area contributed by atoms with Gasteiger partial charge in [-0.05, 0) is 65.2 Å². The van der Waals surface area contributed by atoms with Crippen molar-refractivity contribution in [2.24, 2.45) is 17.6 Å². The first-order valence-electron chi connectivity index (χ1n) is 7.63. The van der Waals surface area contributed by atoms with Crippen molar-refractivity contribution in [1.29, 1.82) is 0 Å². The Balaban J connectivity index is 1.82. The summed E-state index contributed by atoms with van der Waals surface area (Å²) in [4.78, 5) is 5.00. The van der Waals surface area contributed by atoms with Crippen LogP contribution in [0.15, 0.2) is 0 Å². The third-order valence-corrected chi connectivity index (χ3v) is 4.87. The van der Waals surface area contributed by atoms with Gasteiger partial charge in [0.25, 0.3) is 0 Å². The van der Waals surface area contributed by atoms with Crippen LogP contribution in [0.1, 0.15) is 39.0 Å². The lowest BCUT2D eigenvalue weighted by Crippen LogP contribution is -2.55. The molecular formula is C15H31N3. The molecule has 0 aromatic heterocycles. The molecule has 106 valence electrons. The fourth-order valence-electron chi connectivity index (χ4n) is 3.46. The third-order valence-electron chi connectivity index (χ3n) is 4.87. The zero-order valence-corrected chi connectivity index (χ0v) is 12.5. The minimum absolute atomic E-state index is 0.268. The number of hydrogen-bond acceptors (Lipinski definition) is 3. The van der Waals surface area contributed by atoms with Crippen LogP contribution in [-0.4, -0.2) is 55.6 Å². The molecule has 0 bridgehead atoms. The summed E-state index contributed by atoms with van der Waals surface area (Å²) in [5, 5.41) is 0. The van der Waals surface area contributed by atoms with Crippen LogP contribution < -0.4 is 5.73 Å². The molecule has 0 amide bonds. The van der Waals surface area contributed by atoms with Gasteiger partial charge in [0.2, 0.25) is 0 Å². The normalized spacial score (nSPS) is 26.5. The van der Waals surface area contributed by atoms with E-state index in [1.54, 1.807) is 0 Å². The first-order valence-corrected chi connectivity index (χ1v) is 7.63. The summed E-state index contributed by atoms with van der Waals surface area (Å²) >= 11 is 0.